The van der Waals surface area contributed by atoms with Crippen LogP contribution >= 0.6 is 0 Å². The molecule has 1 aliphatic rings. The van der Waals surface area contributed by atoms with Crippen LogP contribution in [0.1, 0.15) is 6.42 Å². The molecule has 0 bridgehead atoms. The molecule has 0 atom stereocenters. The number of ether oxygens (including phenoxy) is 1. The molecule has 0 spiro atoms. The Kier molecular flexibility index (Phi) is 4.28. The van der Waals surface area contributed by atoms with Crippen LogP contribution in [-0.4, -0.2) is 32.7 Å². The van der Waals surface area contributed by atoms with Crippen molar-refractivity contribution in [3.8, 4) is 5.75 Å². The number of para-hydroxylation sites is 3. The van der Waals surface area contributed by atoms with Gasteiger partial charge in [0.25, 0.3) is 0 Å². The van der Waals surface area contributed by atoms with Crippen molar-refractivity contribution in [3.63, 3.8) is 0 Å². The number of benzene rings is 2. The van der Waals surface area contributed by atoms with Gasteiger partial charge in [-0.25, -0.2) is 0 Å². The zero-order valence-corrected chi connectivity index (χ0v) is 12.7. The van der Waals surface area contributed by atoms with E-state index in [2.05, 4.69) is 18.0 Å². The van der Waals surface area contributed by atoms with E-state index in [1.165, 1.54) is 0 Å². The lowest BCUT2D eigenvalue weighted by Gasteiger charge is -2.35. The summed E-state index contributed by atoms with van der Waals surface area (Å²) in [7, 11) is 2.05. The molecule has 4 nitrogen and oxygen atoms in total. The van der Waals surface area contributed by atoms with E-state index in [0.717, 1.165) is 30.2 Å². The number of hydrogen-bond acceptors (Lipinski definition) is 3. The van der Waals surface area contributed by atoms with Crippen molar-refractivity contribution in [1.82, 2.24) is 0 Å². The molecule has 22 heavy (non-hydrogen) atoms. The predicted molar refractivity (Wildman–Crippen MR) is 88.6 cm³/mol. The van der Waals surface area contributed by atoms with Gasteiger partial charge >= 0.3 is 0 Å². The van der Waals surface area contributed by atoms with Crippen LogP contribution < -0.4 is 14.5 Å². The predicted octanol–water partition coefficient (Wildman–Crippen LogP) is 2.94. The lowest BCUT2D eigenvalue weighted by atomic mass is 10.1. The van der Waals surface area contributed by atoms with E-state index in [4.69, 9.17) is 4.74 Å². The number of hydrogen-bond donors (Lipinski definition) is 0. The maximum absolute atomic E-state index is 12.5. The second-order valence-corrected chi connectivity index (χ2v) is 5.37. The molecule has 1 amide bonds. The molecule has 0 unspecified atom stereocenters. The molecule has 0 N–H and O–H groups in total. The number of carbonyl (C=O) groups excluding carboxylic acids is 1. The largest absolute Gasteiger partial charge is 0.493 e. The van der Waals surface area contributed by atoms with Gasteiger partial charge in [0.2, 0.25) is 5.91 Å². The zero-order chi connectivity index (χ0) is 15.4. The fourth-order valence-corrected chi connectivity index (χ4v) is 2.67. The first-order chi connectivity index (χ1) is 10.8. The van der Waals surface area contributed by atoms with Gasteiger partial charge in [-0.15, -0.1) is 0 Å². The molecule has 2 aromatic carbocycles. The van der Waals surface area contributed by atoms with Crippen molar-refractivity contribution < 1.29 is 9.53 Å². The SMILES string of the molecule is CN1CCN(C(=O)CCOc2ccccc2)c2ccccc21. The summed E-state index contributed by atoms with van der Waals surface area (Å²) in [4.78, 5) is 16.5. The van der Waals surface area contributed by atoms with Gasteiger partial charge < -0.3 is 14.5 Å². The molecule has 0 aromatic heterocycles. The number of anilines is 2. The van der Waals surface area contributed by atoms with Crippen LogP contribution in [0.3, 0.4) is 0 Å². The average Bonchev–Trinajstić information content (AvgIpc) is 2.56. The Hall–Kier alpha value is -2.49. The molecule has 114 valence electrons. The van der Waals surface area contributed by atoms with Crippen LogP contribution in [0.2, 0.25) is 0 Å². The number of fused-ring (bicyclic) bond motifs is 1. The van der Waals surface area contributed by atoms with Gasteiger partial charge in [-0.3, -0.25) is 4.79 Å². The van der Waals surface area contributed by atoms with Gasteiger partial charge in [-0.2, -0.15) is 0 Å². The average molecular weight is 296 g/mol. The van der Waals surface area contributed by atoms with Crippen LogP contribution in [-0.2, 0) is 4.79 Å². The topological polar surface area (TPSA) is 32.8 Å². The standard InChI is InChI=1S/C18H20N2O2/c1-19-12-13-20(17-10-6-5-9-16(17)19)18(21)11-14-22-15-7-3-2-4-8-15/h2-10H,11-14H2,1H3. The van der Waals surface area contributed by atoms with Crippen molar-refractivity contribution in [2.24, 2.45) is 0 Å². The highest BCUT2D eigenvalue weighted by atomic mass is 16.5. The maximum Gasteiger partial charge on any atom is 0.230 e. The first-order valence-electron chi connectivity index (χ1n) is 7.54. The van der Waals surface area contributed by atoms with Crippen molar-refractivity contribution in [2.75, 3.05) is 36.5 Å². The fraction of sp³-hybridized carbons (Fsp3) is 0.278. The maximum atomic E-state index is 12.5. The van der Waals surface area contributed by atoms with Crippen molar-refractivity contribution in [3.05, 3.63) is 54.6 Å². The van der Waals surface area contributed by atoms with Gasteiger partial charge in [0, 0.05) is 20.1 Å². The minimum absolute atomic E-state index is 0.108. The van der Waals surface area contributed by atoms with E-state index in [9.17, 15) is 4.79 Å². The van der Waals surface area contributed by atoms with E-state index < -0.39 is 0 Å². The fourth-order valence-electron chi connectivity index (χ4n) is 2.67. The summed E-state index contributed by atoms with van der Waals surface area (Å²) >= 11 is 0. The van der Waals surface area contributed by atoms with Crippen LogP contribution in [0, 0.1) is 0 Å². The summed E-state index contributed by atoms with van der Waals surface area (Å²) in [6.45, 7) is 1.97. The molecule has 0 saturated heterocycles. The molecule has 2 aromatic rings. The molecule has 4 heteroatoms. The quantitative estimate of drug-likeness (QED) is 0.869. The van der Waals surface area contributed by atoms with Crippen molar-refractivity contribution in [2.45, 2.75) is 6.42 Å². The van der Waals surface area contributed by atoms with Gasteiger partial charge in [0.1, 0.15) is 5.75 Å². The second-order valence-electron chi connectivity index (χ2n) is 5.37. The third-order valence-corrected chi connectivity index (χ3v) is 3.87. The highest BCUT2D eigenvalue weighted by molar-refractivity contribution is 5.97. The molecular formula is C18H20N2O2. The second kappa shape index (κ2) is 6.52. The van der Waals surface area contributed by atoms with Gasteiger partial charge in [-0.05, 0) is 24.3 Å². The van der Waals surface area contributed by atoms with Crippen molar-refractivity contribution in [1.29, 1.82) is 0 Å². The Labute approximate surface area is 130 Å². The first kappa shape index (κ1) is 14.4. The molecular weight excluding hydrogens is 276 g/mol. The monoisotopic (exact) mass is 296 g/mol. The lowest BCUT2D eigenvalue weighted by Crippen LogP contribution is -2.43. The number of likely N-dealkylation sites (N-methyl/N-ethyl adjacent to an activating group) is 1. The number of nitrogens with zero attached hydrogens (tertiary/aromatic N) is 2. The van der Waals surface area contributed by atoms with Crippen LogP contribution in [0.15, 0.2) is 54.6 Å². The molecule has 3 rings (SSSR count). The molecule has 1 heterocycles. The Bertz CT molecular complexity index is 643. The minimum Gasteiger partial charge on any atom is -0.493 e. The first-order valence-corrected chi connectivity index (χ1v) is 7.54. The third kappa shape index (κ3) is 3.06. The summed E-state index contributed by atoms with van der Waals surface area (Å²) in [5.74, 6) is 0.908. The lowest BCUT2D eigenvalue weighted by molar-refractivity contribution is -0.119. The summed E-state index contributed by atoms with van der Waals surface area (Å²) in [6.07, 6.45) is 0.382. The summed E-state index contributed by atoms with van der Waals surface area (Å²) in [5, 5.41) is 0. The summed E-state index contributed by atoms with van der Waals surface area (Å²) in [6, 6.07) is 17.6. The molecule has 1 aliphatic heterocycles. The Morgan fingerprint density at radius 2 is 1.68 bits per heavy atom. The normalized spacial score (nSPS) is 13.7. The highest BCUT2D eigenvalue weighted by Gasteiger charge is 2.24. The van der Waals surface area contributed by atoms with E-state index >= 15 is 0 Å². The third-order valence-electron chi connectivity index (χ3n) is 3.87. The van der Waals surface area contributed by atoms with Gasteiger partial charge in [-0.1, -0.05) is 30.3 Å². The summed E-state index contributed by atoms with van der Waals surface area (Å²) in [5.41, 5.74) is 2.09. The number of rotatable bonds is 4. The Morgan fingerprint density at radius 1 is 1.00 bits per heavy atom. The number of amides is 1. The van der Waals surface area contributed by atoms with E-state index in [-0.39, 0.29) is 5.91 Å². The van der Waals surface area contributed by atoms with Gasteiger partial charge in [0.05, 0.1) is 24.4 Å². The Morgan fingerprint density at radius 3 is 2.45 bits per heavy atom. The summed E-state index contributed by atoms with van der Waals surface area (Å²) < 4.78 is 5.62. The molecule has 0 saturated carbocycles. The zero-order valence-electron chi connectivity index (χ0n) is 12.7. The van der Waals surface area contributed by atoms with E-state index in [1.807, 2.05) is 53.4 Å². The van der Waals surface area contributed by atoms with Crippen LogP contribution in [0.4, 0.5) is 11.4 Å². The Balaban J connectivity index is 1.62. The van der Waals surface area contributed by atoms with Crippen LogP contribution in [0.5, 0.6) is 5.75 Å². The minimum atomic E-state index is 0.108. The molecule has 0 radical (unpaired) electrons. The van der Waals surface area contributed by atoms with Crippen molar-refractivity contribution >= 4 is 17.3 Å². The highest BCUT2D eigenvalue weighted by Crippen LogP contribution is 2.32. The molecule has 0 aliphatic carbocycles. The molecule has 0 fully saturated rings. The van der Waals surface area contributed by atoms with Gasteiger partial charge in [0.15, 0.2) is 0 Å². The van der Waals surface area contributed by atoms with E-state index in [0.29, 0.717) is 13.0 Å². The van der Waals surface area contributed by atoms with E-state index in [1.54, 1.807) is 0 Å². The smallest absolute Gasteiger partial charge is 0.230 e. The number of carbonyl (C=O) groups is 1. The van der Waals surface area contributed by atoms with Crippen LogP contribution in [0.25, 0.3) is 0 Å².